The fourth-order valence-electron chi connectivity index (χ4n) is 4.80. The Morgan fingerprint density at radius 2 is 1.20 bits per heavy atom. The summed E-state index contributed by atoms with van der Waals surface area (Å²) >= 11 is 0. The molecular weight excluding hydrogens is 587 g/mol. The van der Waals surface area contributed by atoms with Gasteiger partial charge in [0.2, 0.25) is 5.91 Å². The first-order valence-electron chi connectivity index (χ1n) is 17.8. The highest BCUT2D eigenvalue weighted by Crippen LogP contribution is 2.38. The van der Waals surface area contributed by atoms with E-state index in [0.717, 1.165) is 25.7 Å². The highest BCUT2D eigenvalue weighted by Gasteiger charge is 2.22. The van der Waals surface area contributed by atoms with Crippen molar-refractivity contribution >= 4 is 13.7 Å². The maximum atomic E-state index is 12.1. The summed E-state index contributed by atoms with van der Waals surface area (Å²) in [6.07, 6.45) is 35.5. The van der Waals surface area contributed by atoms with Gasteiger partial charge in [0.1, 0.15) is 13.2 Å². The summed E-state index contributed by atoms with van der Waals surface area (Å²) < 4.78 is 22.4. The van der Waals surface area contributed by atoms with Crippen LogP contribution in [-0.2, 0) is 18.4 Å². The van der Waals surface area contributed by atoms with Crippen molar-refractivity contribution in [2.24, 2.45) is 0 Å². The van der Waals surface area contributed by atoms with Gasteiger partial charge in [-0.25, -0.2) is 0 Å². The van der Waals surface area contributed by atoms with Gasteiger partial charge >= 0.3 is 0 Å². The Kier molecular flexibility index (Phi) is 28.1. The Morgan fingerprint density at radius 3 is 1.67 bits per heavy atom. The molecule has 0 aromatic carbocycles. The predicted molar refractivity (Wildman–Crippen MR) is 187 cm³/mol. The molecule has 2 N–H and O–H groups in total. The first-order valence-corrected chi connectivity index (χ1v) is 19.3. The third-order valence-electron chi connectivity index (χ3n) is 7.62. The van der Waals surface area contributed by atoms with Gasteiger partial charge in [-0.15, -0.1) is 0 Å². The number of rotatable bonds is 31. The fraction of sp³-hybridized carbons (Fsp3) is 0.806. The second-order valence-corrected chi connectivity index (χ2v) is 14.7. The number of allylic oxidation sites excluding steroid dienone is 5. The third-order valence-corrected chi connectivity index (χ3v) is 8.58. The number of hydrogen-bond donors (Lipinski definition) is 2. The van der Waals surface area contributed by atoms with E-state index in [0.29, 0.717) is 11.0 Å². The SMILES string of the molecule is CCCCCCCCCCCCCCCC/C=C/CC/C=C/CC/C=C/C(O)C(COP(=O)([O-])OCC[N+](C)(C)C)NC(C)=O. The Balaban J connectivity index is 3.90. The standard InChI is InChI=1S/C36H69N2O6P/c1-6-7-8-9-10-11-12-13-14-15-16-17-18-19-20-21-22-23-24-25-26-27-28-29-30-36(40)35(37-34(2)39)33-44-45(41,42)43-32-31-38(3,4)5/h21-22,25-26,29-30,35-36,40H,6-20,23-24,27-28,31-33H2,1-5H3,(H-,37,39,41,42)/b22-21+,26-25+,30-29+. The van der Waals surface area contributed by atoms with Gasteiger partial charge in [-0.2, -0.15) is 0 Å². The van der Waals surface area contributed by atoms with Crippen molar-refractivity contribution in [1.82, 2.24) is 5.32 Å². The molecule has 3 atom stereocenters. The lowest BCUT2D eigenvalue weighted by Gasteiger charge is -2.29. The first kappa shape index (κ1) is 43.7. The summed E-state index contributed by atoms with van der Waals surface area (Å²) in [6, 6.07) is -0.908. The topological polar surface area (TPSA) is 108 Å². The number of carbonyl (C=O) groups excluding carboxylic acids is 1. The molecule has 0 aliphatic rings. The monoisotopic (exact) mass is 656 g/mol. The van der Waals surface area contributed by atoms with E-state index in [1.807, 2.05) is 27.2 Å². The van der Waals surface area contributed by atoms with Crippen LogP contribution in [0, 0.1) is 0 Å². The van der Waals surface area contributed by atoms with Crippen LogP contribution in [0.25, 0.3) is 0 Å². The molecule has 0 bridgehead atoms. The molecule has 0 aromatic rings. The first-order chi connectivity index (χ1) is 21.5. The number of likely N-dealkylation sites (N-methyl/N-ethyl adjacent to an activating group) is 1. The molecule has 45 heavy (non-hydrogen) atoms. The zero-order valence-electron chi connectivity index (χ0n) is 29.6. The van der Waals surface area contributed by atoms with Crippen LogP contribution in [0.3, 0.4) is 0 Å². The minimum absolute atomic E-state index is 0.0130. The molecule has 0 saturated carbocycles. The van der Waals surface area contributed by atoms with Gasteiger partial charge in [0.25, 0.3) is 7.82 Å². The zero-order chi connectivity index (χ0) is 33.7. The van der Waals surface area contributed by atoms with Gasteiger partial charge in [0.15, 0.2) is 0 Å². The van der Waals surface area contributed by atoms with E-state index in [-0.39, 0.29) is 12.5 Å². The van der Waals surface area contributed by atoms with Gasteiger partial charge < -0.3 is 28.8 Å². The van der Waals surface area contributed by atoms with Gasteiger partial charge in [-0.1, -0.05) is 127 Å². The summed E-state index contributed by atoms with van der Waals surface area (Å²) in [5.41, 5.74) is 0. The van der Waals surface area contributed by atoms with Gasteiger partial charge in [0.05, 0.1) is 39.9 Å². The van der Waals surface area contributed by atoms with Crippen molar-refractivity contribution in [3.63, 3.8) is 0 Å². The van der Waals surface area contributed by atoms with Crippen LogP contribution < -0.4 is 10.2 Å². The summed E-state index contributed by atoms with van der Waals surface area (Å²) in [7, 11) is 1.22. The van der Waals surface area contributed by atoms with Crippen molar-refractivity contribution in [2.45, 2.75) is 148 Å². The number of nitrogens with one attached hydrogen (secondary N) is 1. The van der Waals surface area contributed by atoms with E-state index in [1.165, 1.54) is 103 Å². The second kappa shape index (κ2) is 28.9. The van der Waals surface area contributed by atoms with Crippen LogP contribution in [0.1, 0.15) is 136 Å². The van der Waals surface area contributed by atoms with Crippen molar-refractivity contribution in [1.29, 1.82) is 0 Å². The zero-order valence-corrected chi connectivity index (χ0v) is 30.5. The molecule has 3 unspecified atom stereocenters. The molecule has 0 spiro atoms. The predicted octanol–water partition coefficient (Wildman–Crippen LogP) is 8.16. The van der Waals surface area contributed by atoms with Crippen molar-refractivity contribution < 1.29 is 32.9 Å². The maximum Gasteiger partial charge on any atom is 0.268 e. The molecule has 264 valence electrons. The van der Waals surface area contributed by atoms with Crippen molar-refractivity contribution in [3.05, 3.63) is 36.5 Å². The van der Waals surface area contributed by atoms with Crippen LogP contribution in [-0.4, -0.2) is 68.5 Å². The van der Waals surface area contributed by atoms with E-state index in [4.69, 9.17) is 9.05 Å². The highest BCUT2D eigenvalue weighted by atomic mass is 31.2. The number of hydrogen-bond acceptors (Lipinski definition) is 6. The average molecular weight is 657 g/mol. The molecule has 0 saturated heterocycles. The van der Waals surface area contributed by atoms with E-state index in [2.05, 4.69) is 36.5 Å². The summed E-state index contributed by atoms with van der Waals surface area (Å²) in [4.78, 5) is 23.6. The Morgan fingerprint density at radius 1 is 0.756 bits per heavy atom. The van der Waals surface area contributed by atoms with Crippen LogP contribution in [0.4, 0.5) is 0 Å². The van der Waals surface area contributed by atoms with Crippen LogP contribution in [0.5, 0.6) is 0 Å². The number of phosphoric acid groups is 1. The molecule has 0 radical (unpaired) electrons. The molecular formula is C36H69N2O6P. The summed E-state index contributed by atoms with van der Waals surface area (Å²) in [5, 5.41) is 13.0. The van der Waals surface area contributed by atoms with Crippen LogP contribution >= 0.6 is 7.82 Å². The number of quaternary nitrogens is 1. The minimum atomic E-state index is -4.55. The second-order valence-electron chi connectivity index (χ2n) is 13.3. The van der Waals surface area contributed by atoms with Crippen LogP contribution in [0.2, 0.25) is 0 Å². The van der Waals surface area contributed by atoms with E-state index >= 15 is 0 Å². The van der Waals surface area contributed by atoms with E-state index < -0.39 is 26.6 Å². The van der Waals surface area contributed by atoms with Crippen molar-refractivity contribution in [3.8, 4) is 0 Å². The van der Waals surface area contributed by atoms with Gasteiger partial charge in [-0.05, 0) is 38.5 Å². The third kappa shape index (κ3) is 32.5. The summed E-state index contributed by atoms with van der Waals surface area (Å²) in [5.74, 6) is -0.390. The van der Waals surface area contributed by atoms with Crippen LogP contribution in [0.15, 0.2) is 36.5 Å². The Labute approximate surface area is 276 Å². The number of aliphatic hydroxyl groups excluding tert-OH is 1. The van der Waals surface area contributed by atoms with E-state index in [1.54, 1.807) is 6.08 Å². The molecule has 9 heteroatoms. The fourth-order valence-corrected chi connectivity index (χ4v) is 5.53. The maximum absolute atomic E-state index is 12.1. The number of aliphatic hydroxyl groups is 1. The highest BCUT2D eigenvalue weighted by molar-refractivity contribution is 7.45. The normalized spacial score (nSPS) is 15.3. The number of nitrogens with zero attached hydrogens (tertiary/aromatic N) is 1. The molecule has 0 aromatic heterocycles. The number of carbonyl (C=O) groups is 1. The van der Waals surface area contributed by atoms with Crippen molar-refractivity contribution in [2.75, 3.05) is 40.9 Å². The molecule has 0 rings (SSSR count). The van der Waals surface area contributed by atoms with Gasteiger partial charge in [0, 0.05) is 6.92 Å². The lowest BCUT2D eigenvalue weighted by atomic mass is 10.0. The molecule has 0 fully saturated rings. The molecule has 1 amide bonds. The number of amides is 1. The molecule has 0 heterocycles. The average Bonchev–Trinajstić information content (AvgIpc) is 2.96. The Bertz CT molecular complexity index is 840. The largest absolute Gasteiger partial charge is 0.756 e. The number of phosphoric ester groups is 1. The molecule has 8 nitrogen and oxygen atoms in total. The van der Waals surface area contributed by atoms with E-state index in [9.17, 15) is 19.4 Å². The Hall–Kier alpha value is -1.28. The smallest absolute Gasteiger partial charge is 0.268 e. The molecule has 0 aliphatic heterocycles. The quantitative estimate of drug-likeness (QED) is 0.0337. The summed E-state index contributed by atoms with van der Waals surface area (Å²) in [6.45, 7) is 3.64. The number of unbranched alkanes of at least 4 members (excludes halogenated alkanes) is 16. The van der Waals surface area contributed by atoms with Gasteiger partial charge in [-0.3, -0.25) is 9.36 Å². The lowest BCUT2D eigenvalue weighted by Crippen LogP contribution is -2.45. The minimum Gasteiger partial charge on any atom is -0.756 e. The lowest BCUT2D eigenvalue weighted by molar-refractivity contribution is -0.870. The molecule has 0 aliphatic carbocycles.